The Balaban J connectivity index is 0.000000275. The molecule has 3 heterocycles. The van der Waals surface area contributed by atoms with Crippen molar-refractivity contribution in [2.75, 3.05) is 0 Å². The fraction of sp³-hybridized carbons (Fsp3) is 0.176. The third-order valence-electron chi connectivity index (χ3n) is 6.92. The summed E-state index contributed by atoms with van der Waals surface area (Å²) in [6.07, 6.45) is -7.77. The molecule has 0 atom stereocenters. The number of pyridine rings is 2. The van der Waals surface area contributed by atoms with E-state index in [9.17, 15) is 26.3 Å². The summed E-state index contributed by atoms with van der Waals surface area (Å²) in [6, 6.07) is 26.6. The Morgan fingerprint density at radius 3 is 2.16 bits per heavy atom. The van der Waals surface area contributed by atoms with Crippen molar-refractivity contribution in [3.05, 3.63) is 114 Å². The summed E-state index contributed by atoms with van der Waals surface area (Å²) in [5.41, 5.74) is 0.149. The molecule has 0 N–H and O–H groups in total. The smallest absolute Gasteiger partial charge is 0.417 e. The molecule has 3 nitrogen and oxygen atoms in total. The number of nitrogens with zero attached hydrogens (tertiary/aromatic N) is 2. The first-order valence-electron chi connectivity index (χ1n) is 13.6. The van der Waals surface area contributed by atoms with Crippen LogP contribution in [-0.4, -0.2) is 18.0 Å². The summed E-state index contributed by atoms with van der Waals surface area (Å²) >= 11 is 0. The average Bonchev–Trinajstić information content (AvgIpc) is 3.35. The molecular weight excluding hydrogens is 787 g/mol. The first-order chi connectivity index (χ1) is 20.6. The van der Waals surface area contributed by atoms with Gasteiger partial charge in [0, 0.05) is 57.2 Å². The van der Waals surface area contributed by atoms with Crippen LogP contribution in [0.2, 0.25) is 19.6 Å². The predicted octanol–water partition coefficient (Wildman–Crippen LogP) is 9.89. The van der Waals surface area contributed by atoms with Gasteiger partial charge in [-0.05, 0) is 30.8 Å². The largest absolute Gasteiger partial charge is 0.501 e. The number of aromatic nitrogens is 2. The maximum absolute atomic E-state index is 13.7. The van der Waals surface area contributed by atoms with Crippen molar-refractivity contribution in [3.8, 4) is 22.5 Å². The van der Waals surface area contributed by atoms with Crippen LogP contribution in [0.3, 0.4) is 0 Å². The Hall–Kier alpha value is -3.79. The van der Waals surface area contributed by atoms with Gasteiger partial charge in [0.1, 0.15) is 5.58 Å². The second-order valence-electron chi connectivity index (χ2n) is 11.2. The number of alkyl halides is 6. The van der Waals surface area contributed by atoms with E-state index in [0.29, 0.717) is 17.2 Å². The average molecular weight is 813 g/mol. The number of aryl methyl sites for hydroxylation is 1. The zero-order chi connectivity index (χ0) is 31.9. The standard InChI is InChI=1S/C22H16F6NOSi.C12H10N.Ir/c1-31(2,3)17-9-8-14(20-18(17)13-6-4-5-7-16(13)30-20)19-15(22(26,27)28)10-12(11-29-19)21(23,24)25;1-10-7-8-13-12(9-10)11-5-3-2-4-6-11;/h4-7,9-11H,1-3H3;2-5,7-9H,1H3;/q2*-1;. The van der Waals surface area contributed by atoms with Gasteiger partial charge in [0.25, 0.3) is 0 Å². The Kier molecular flexibility index (Phi) is 9.77. The van der Waals surface area contributed by atoms with E-state index in [1.807, 2.05) is 36.5 Å². The summed E-state index contributed by atoms with van der Waals surface area (Å²) in [6.45, 7) is 8.30. The molecule has 0 saturated heterocycles. The fourth-order valence-corrected chi connectivity index (χ4v) is 6.31. The molecule has 0 saturated carbocycles. The molecule has 3 aromatic carbocycles. The molecule has 45 heavy (non-hydrogen) atoms. The molecular formula is C34H26F6IrN2OSi-2. The number of para-hydroxylation sites is 1. The van der Waals surface area contributed by atoms with Crippen LogP contribution in [0, 0.1) is 19.1 Å². The van der Waals surface area contributed by atoms with Crippen LogP contribution in [0.25, 0.3) is 44.5 Å². The van der Waals surface area contributed by atoms with Gasteiger partial charge >= 0.3 is 12.4 Å². The number of rotatable bonds is 3. The zero-order valence-electron chi connectivity index (χ0n) is 24.5. The Labute approximate surface area is 270 Å². The van der Waals surface area contributed by atoms with Gasteiger partial charge in [0.05, 0.1) is 11.1 Å². The molecule has 235 valence electrons. The summed E-state index contributed by atoms with van der Waals surface area (Å²) in [7, 11) is -1.97. The van der Waals surface area contributed by atoms with E-state index in [-0.39, 0.29) is 37.3 Å². The van der Waals surface area contributed by atoms with Crippen molar-refractivity contribution in [1.29, 1.82) is 0 Å². The quantitative estimate of drug-likeness (QED) is 0.102. The summed E-state index contributed by atoms with van der Waals surface area (Å²) in [4.78, 5) is 7.85. The zero-order valence-corrected chi connectivity index (χ0v) is 27.9. The normalized spacial score (nSPS) is 12.0. The molecule has 0 amide bonds. The molecule has 11 heteroatoms. The number of benzene rings is 3. The molecule has 0 fully saturated rings. The van der Waals surface area contributed by atoms with Gasteiger partial charge in [0.2, 0.25) is 0 Å². The van der Waals surface area contributed by atoms with Gasteiger partial charge < -0.3 is 14.4 Å². The van der Waals surface area contributed by atoms with Crippen LogP contribution in [-0.2, 0) is 32.5 Å². The second-order valence-corrected chi connectivity index (χ2v) is 16.3. The van der Waals surface area contributed by atoms with Crippen molar-refractivity contribution < 1.29 is 50.9 Å². The number of hydrogen-bond donors (Lipinski definition) is 0. The first-order valence-corrected chi connectivity index (χ1v) is 17.1. The van der Waals surface area contributed by atoms with Crippen LogP contribution in [0.1, 0.15) is 16.7 Å². The van der Waals surface area contributed by atoms with E-state index >= 15 is 0 Å². The summed E-state index contributed by atoms with van der Waals surface area (Å²) in [5, 5.41) is 2.31. The number of furan rings is 1. The fourth-order valence-electron chi connectivity index (χ4n) is 4.81. The monoisotopic (exact) mass is 813 g/mol. The van der Waals surface area contributed by atoms with Gasteiger partial charge in [-0.15, -0.1) is 53.2 Å². The molecule has 0 spiro atoms. The van der Waals surface area contributed by atoms with Crippen LogP contribution < -0.4 is 5.19 Å². The third-order valence-corrected chi connectivity index (χ3v) is 8.93. The maximum Gasteiger partial charge on any atom is 0.417 e. The van der Waals surface area contributed by atoms with Crippen molar-refractivity contribution in [1.82, 2.24) is 9.97 Å². The summed E-state index contributed by atoms with van der Waals surface area (Å²) < 4.78 is 86.2. The van der Waals surface area contributed by atoms with E-state index in [4.69, 9.17) is 4.42 Å². The predicted molar refractivity (Wildman–Crippen MR) is 162 cm³/mol. The van der Waals surface area contributed by atoms with Gasteiger partial charge in [-0.3, -0.25) is 0 Å². The number of halogens is 6. The number of hydrogen-bond acceptors (Lipinski definition) is 3. The SMILES string of the molecule is C[Si](C)(C)c1c[c-]c(-c2ncc(C(F)(F)F)cc2C(F)(F)F)c2oc3ccccc3c12.Cc1ccnc(-c2[c-]cccc2)c1.[Ir]. The van der Waals surface area contributed by atoms with E-state index in [2.05, 4.69) is 54.7 Å². The van der Waals surface area contributed by atoms with E-state index in [0.717, 1.165) is 21.8 Å². The van der Waals surface area contributed by atoms with Gasteiger partial charge in [-0.1, -0.05) is 60.4 Å². The van der Waals surface area contributed by atoms with Crippen LogP contribution >= 0.6 is 0 Å². The molecule has 0 aliphatic carbocycles. The first kappa shape index (κ1) is 34.1. The molecule has 0 bridgehead atoms. The minimum absolute atomic E-state index is 0. The Morgan fingerprint density at radius 2 is 1.53 bits per heavy atom. The molecule has 3 aromatic heterocycles. The molecule has 0 unspecified atom stereocenters. The second kappa shape index (κ2) is 12.9. The topological polar surface area (TPSA) is 38.9 Å². The van der Waals surface area contributed by atoms with Crippen molar-refractivity contribution in [2.45, 2.75) is 38.9 Å². The Morgan fingerprint density at radius 1 is 0.822 bits per heavy atom. The molecule has 1 radical (unpaired) electrons. The van der Waals surface area contributed by atoms with Crippen molar-refractivity contribution in [3.63, 3.8) is 0 Å². The minimum atomic E-state index is -5.05. The number of fused-ring (bicyclic) bond motifs is 3. The van der Waals surface area contributed by atoms with Gasteiger partial charge in [-0.25, -0.2) is 0 Å². The molecule has 6 rings (SSSR count). The van der Waals surface area contributed by atoms with Gasteiger partial charge in [-0.2, -0.15) is 26.3 Å². The molecule has 6 aromatic rings. The van der Waals surface area contributed by atoms with E-state index in [1.165, 1.54) is 5.56 Å². The van der Waals surface area contributed by atoms with Crippen molar-refractivity contribution >= 4 is 35.2 Å². The van der Waals surface area contributed by atoms with E-state index in [1.54, 1.807) is 30.3 Å². The maximum atomic E-state index is 13.7. The van der Waals surface area contributed by atoms with Gasteiger partial charge in [0.15, 0.2) is 0 Å². The van der Waals surface area contributed by atoms with E-state index < -0.39 is 37.2 Å². The molecule has 0 aliphatic rings. The van der Waals surface area contributed by atoms with Crippen LogP contribution in [0.15, 0.2) is 89.6 Å². The van der Waals surface area contributed by atoms with Crippen molar-refractivity contribution in [2.24, 2.45) is 0 Å². The Bertz CT molecular complexity index is 1950. The summed E-state index contributed by atoms with van der Waals surface area (Å²) in [5.74, 6) is 0. The molecule has 0 aliphatic heterocycles. The van der Waals surface area contributed by atoms with Crippen LogP contribution in [0.4, 0.5) is 26.3 Å². The third kappa shape index (κ3) is 7.38. The minimum Gasteiger partial charge on any atom is -0.501 e. The van der Waals surface area contributed by atoms with Crippen LogP contribution in [0.5, 0.6) is 0 Å².